The molecular formula is C10H19NO3. The van der Waals surface area contributed by atoms with Gasteiger partial charge in [0.25, 0.3) is 0 Å². The summed E-state index contributed by atoms with van der Waals surface area (Å²) in [7, 11) is 0. The van der Waals surface area contributed by atoms with E-state index in [2.05, 4.69) is 0 Å². The summed E-state index contributed by atoms with van der Waals surface area (Å²) >= 11 is 0. The average molecular weight is 201 g/mol. The summed E-state index contributed by atoms with van der Waals surface area (Å²) in [6, 6.07) is 0. The van der Waals surface area contributed by atoms with Gasteiger partial charge in [-0.15, -0.1) is 0 Å². The number of likely N-dealkylation sites (N-methyl/N-ethyl adjacent to an activating group) is 1. The molecule has 0 aromatic carbocycles. The number of carbonyl (C=O) groups is 2. The lowest BCUT2D eigenvalue weighted by atomic mass is 9.88. The van der Waals surface area contributed by atoms with Crippen LogP contribution >= 0.6 is 0 Å². The molecule has 0 unspecified atom stereocenters. The molecule has 0 fully saturated rings. The molecule has 0 heterocycles. The van der Waals surface area contributed by atoms with Crippen LogP contribution in [0.5, 0.6) is 0 Å². The molecule has 0 aliphatic rings. The molecule has 0 rings (SSSR count). The fourth-order valence-electron chi connectivity index (χ4n) is 1.07. The minimum absolute atomic E-state index is 0.0927. The second-order valence-corrected chi connectivity index (χ2v) is 3.95. The van der Waals surface area contributed by atoms with Crippen molar-refractivity contribution in [3.05, 3.63) is 0 Å². The standard InChI is InChI=1S/C10H19NO3/c1-5-10(3,4)9(14)11(6-2)7-8(12)13/h5-7H2,1-4H3,(H,12,13). The van der Waals surface area contributed by atoms with Crippen LogP contribution in [0.25, 0.3) is 0 Å². The molecule has 0 atom stereocenters. The van der Waals surface area contributed by atoms with Crippen LogP contribution in [0.4, 0.5) is 0 Å². The molecule has 0 aliphatic heterocycles. The maximum absolute atomic E-state index is 11.8. The number of hydrogen-bond donors (Lipinski definition) is 1. The van der Waals surface area contributed by atoms with Crippen LogP contribution in [0, 0.1) is 5.41 Å². The van der Waals surface area contributed by atoms with Gasteiger partial charge >= 0.3 is 5.97 Å². The van der Waals surface area contributed by atoms with Crippen molar-refractivity contribution >= 4 is 11.9 Å². The third kappa shape index (κ3) is 3.36. The van der Waals surface area contributed by atoms with E-state index < -0.39 is 11.4 Å². The first-order chi connectivity index (χ1) is 6.35. The van der Waals surface area contributed by atoms with Gasteiger partial charge in [0.15, 0.2) is 0 Å². The molecule has 0 bridgehead atoms. The smallest absolute Gasteiger partial charge is 0.323 e. The lowest BCUT2D eigenvalue weighted by Crippen LogP contribution is -2.43. The van der Waals surface area contributed by atoms with Gasteiger partial charge in [0, 0.05) is 12.0 Å². The first-order valence-corrected chi connectivity index (χ1v) is 4.86. The van der Waals surface area contributed by atoms with Gasteiger partial charge in [-0.1, -0.05) is 20.8 Å². The molecule has 14 heavy (non-hydrogen) atoms. The Morgan fingerprint density at radius 3 is 2.07 bits per heavy atom. The van der Waals surface area contributed by atoms with Crippen LogP contribution < -0.4 is 0 Å². The van der Waals surface area contributed by atoms with E-state index in [9.17, 15) is 9.59 Å². The number of amides is 1. The Labute approximate surface area is 84.9 Å². The first-order valence-electron chi connectivity index (χ1n) is 4.86. The fraction of sp³-hybridized carbons (Fsp3) is 0.800. The molecule has 0 saturated carbocycles. The van der Waals surface area contributed by atoms with Crippen molar-refractivity contribution in [3.63, 3.8) is 0 Å². The van der Waals surface area contributed by atoms with E-state index in [1.165, 1.54) is 4.90 Å². The number of carbonyl (C=O) groups excluding carboxylic acids is 1. The monoisotopic (exact) mass is 201 g/mol. The summed E-state index contributed by atoms with van der Waals surface area (Å²) in [6.07, 6.45) is 0.710. The molecule has 0 spiro atoms. The highest BCUT2D eigenvalue weighted by Gasteiger charge is 2.30. The summed E-state index contributed by atoms with van der Waals surface area (Å²) < 4.78 is 0. The summed E-state index contributed by atoms with van der Waals surface area (Å²) in [6.45, 7) is 7.60. The molecule has 82 valence electrons. The largest absolute Gasteiger partial charge is 0.480 e. The minimum atomic E-state index is -0.966. The quantitative estimate of drug-likeness (QED) is 0.730. The predicted molar refractivity (Wildman–Crippen MR) is 54.0 cm³/mol. The van der Waals surface area contributed by atoms with E-state index in [4.69, 9.17) is 5.11 Å². The molecule has 0 aromatic heterocycles. The number of carboxylic acid groups (broad SMARTS) is 1. The van der Waals surface area contributed by atoms with Gasteiger partial charge in [-0.05, 0) is 13.3 Å². The van der Waals surface area contributed by atoms with Crippen molar-refractivity contribution in [1.29, 1.82) is 0 Å². The molecule has 0 radical (unpaired) electrons. The Balaban J connectivity index is 4.54. The van der Waals surface area contributed by atoms with Gasteiger partial charge in [0.2, 0.25) is 5.91 Å². The highest BCUT2D eigenvalue weighted by atomic mass is 16.4. The zero-order valence-electron chi connectivity index (χ0n) is 9.33. The molecule has 1 amide bonds. The van der Waals surface area contributed by atoms with Crippen LogP contribution in [-0.2, 0) is 9.59 Å². The number of carboxylic acids is 1. The number of rotatable bonds is 5. The number of hydrogen-bond acceptors (Lipinski definition) is 2. The van der Waals surface area contributed by atoms with Crippen molar-refractivity contribution in [2.75, 3.05) is 13.1 Å². The van der Waals surface area contributed by atoms with Gasteiger partial charge in [0.1, 0.15) is 6.54 Å². The van der Waals surface area contributed by atoms with Crippen LogP contribution in [0.15, 0.2) is 0 Å². The third-order valence-electron chi connectivity index (χ3n) is 2.46. The van der Waals surface area contributed by atoms with E-state index in [0.717, 1.165) is 0 Å². The Kier molecular flexibility index (Phi) is 4.60. The molecule has 4 nitrogen and oxygen atoms in total. The van der Waals surface area contributed by atoms with Gasteiger partial charge in [-0.25, -0.2) is 0 Å². The van der Waals surface area contributed by atoms with E-state index in [-0.39, 0.29) is 12.5 Å². The van der Waals surface area contributed by atoms with Crippen molar-refractivity contribution < 1.29 is 14.7 Å². The minimum Gasteiger partial charge on any atom is -0.480 e. The number of nitrogens with zero attached hydrogens (tertiary/aromatic N) is 1. The predicted octanol–water partition coefficient (Wildman–Crippen LogP) is 1.36. The normalized spacial score (nSPS) is 11.1. The fourth-order valence-corrected chi connectivity index (χ4v) is 1.07. The Hall–Kier alpha value is -1.06. The Morgan fingerprint density at radius 1 is 1.29 bits per heavy atom. The van der Waals surface area contributed by atoms with Crippen molar-refractivity contribution in [2.24, 2.45) is 5.41 Å². The maximum Gasteiger partial charge on any atom is 0.323 e. The second-order valence-electron chi connectivity index (χ2n) is 3.95. The molecule has 1 N–H and O–H groups in total. The molecule has 0 saturated heterocycles. The van der Waals surface area contributed by atoms with Gasteiger partial charge in [0.05, 0.1) is 0 Å². The van der Waals surface area contributed by atoms with Crippen molar-refractivity contribution in [3.8, 4) is 0 Å². The van der Waals surface area contributed by atoms with Crippen LogP contribution in [0.1, 0.15) is 34.1 Å². The lowest BCUT2D eigenvalue weighted by Gasteiger charge is -2.29. The molecule has 4 heteroatoms. The van der Waals surface area contributed by atoms with Crippen molar-refractivity contribution in [1.82, 2.24) is 4.90 Å². The maximum atomic E-state index is 11.8. The highest BCUT2D eigenvalue weighted by molar-refractivity contribution is 5.85. The topological polar surface area (TPSA) is 57.6 Å². The van der Waals surface area contributed by atoms with Crippen LogP contribution in [0.2, 0.25) is 0 Å². The zero-order chi connectivity index (χ0) is 11.4. The second kappa shape index (κ2) is 4.98. The zero-order valence-corrected chi connectivity index (χ0v) is 9.33. The van der Waals surface area contributed by atoms with E-state index in [1.807, 2.05) is 20.8 Å². The molecule has 0 aromatic rings. The summed E-state index contributed by atoms with van der Waals surface area (Å²) in [5.41, 5.74) is -0.467. The van der Waals surface area contributed by atoms with Crippen LogP contribution in [-0.4, -0.2) is 35.0 Å². The van der Waals surface area contributed by atoms with E-state index in [0.29, 0.717) is 13.0 Å². The van der Waals surface area contributed by atoms with Crippen LogP contribution in [0.3, 0.4) is 0 Å². The summed E-state index contributed by atoms with van der Waals surface area (Å²) in [5.74, 6) is -1.06. The highest BCUT2D eigenvalue weighted by Crippen LogP contribution is 2.22. The van der Waals surface area contributed by atoms with Gasteiger partial charge in [-0.3, -0.25) is 9.59 Å². The molecular weight excluding hydrogens is 182 g/mol. The summed E-state index contributed by atoms with van der Waals surface area (Å²) in [4.78, 5) is 23.7. The van der Waals surface area contributed by atoms with E-state index >= 15 is 0 Å². The van der Waals surface area contributed by atoms with Gasteiger partial charge < -0.3 is 10.0 Å². The lowest BCUT2D eigenvalue weighted by molar-refractivity contribution is -0.148. The van der Waals surface area contributed by atoms with Gasteiger partial charge in [-0.2, -0.15) is 0 Å². The number of aliphatic carboxylic acids is 1. The SMILES string of the molecule is CCN(CC(=O)O)C(=O)C(C)(C)CC. The van der Waals surface area contributed by atoms with E-state index in [1.54, 1.807) is 6.92 Å². The average Bonchev–Trinajstić information content (AvgIpc) is 2.12. The molecule has 0 aliphatic carbocycles. The first kappa shape index (κ1) is 12.9. The summed E-state index contributed by atoms with van der Waals surface area (Å²) in [5, 5.41) is 8.61. The third-order valence-corrected chi connectivity index (χ3v) is 2.46. The van der Waals surface area contributed by atoms with Crippen molar-refractivity contribution in [2.45, 2.75) is 34.1 Å². The Morgan fingerprint density at radius 2 is 1.79 bits per heavy atom. The Bertz CT molecular complexity index is 223.